The average molecular weight is 315 g/mol. The van der Waals surface area contributed by atoms with Crippen LogP contribution >= 0.6 is 11.8 Å². The molecular formula is C18H21NO2S. The number of thioether (sulfide) groups is 1. The van der Waals surface area contributed by atoms with E-state index in [1.165, 1.54) is 0 Å². The quantitative estimate of drug-likeness (QED) is 0.754. The molecule has 0 bridgehead atoms. The van der Waals surface area contributed by atoms with Gasteiger partial charge in [0.25, 0.3) is 0 Å². The maximum atomic E-state index is 12.3. The Balaban J connectivity index is 1.93. The Morgan fingerprint density at radius 3 is 2.36 bits per heavy atom. The van der Waals surface area contributed by atoms with Gasteiger partial charge in [0.05, 0.1) is 18.9 Å². The number of hydrogen-bond donors (Lipinski definition) is 0. The molecule has 0 aliphatic carbocycles. The molecule has 0 fully saturated rings. The van der Waals surface area contributed by atoms with Crippen LogP contribution in [0.2, 0.25) is 0 Å². The van der Waals surface area contributed by atoms with E-state index in [-0.39, 0.29) is 11.9 Å². The van der Waals surface area contributed by atoms with Gasteiger partial charge in [0.2, 0.25) is 5.91 Å². The van der Waals surface area contributed by atoms with Crippen LogP contribution in [0.15, 0.2) is 59.5 Å². The fraction of sp³-hybridized carbons (Fsp3) is 0.278. The number of rotatable bonds is 6. The largest absolute Gasteiger partial charge is 0.497 e. The normalized spacial score (nSPS) is 11.8. The van der Waals surface area contributed by atoms with Gasteiger partial charge in [-0.1, -0.05) is 30.3 Å². The van der Waals surface area contributed by atoms with E-state index >= 15 is 0 Å². The van der Waals surface area contributed by atoms with Crippen LogP contribution in [0, 0.1) is 0 Å². The number of ether oxygens (including phenoxy) is 1. The highest BCUT2D eigenvalue weighted by molar-refractivity contribution is 8.00. The lowest BCUT2D eigenvalue weighted by molar-refractivity contribution is -0.128. The Bertz CT molecular complexity index is 598. The van der Waals surface area contributed by atoms with Crippen LogP contribution in [-0.4, -0.2) is 30.7 Å². The molecule has 0 radical (unpaired) electrons. The second kappa shape index (κ2) is 7.90. The maximum absolute atomic E-state index is 12.3. The zero-order chi connectivity index (χ0) is 15.9. The van der Waals surface area contributed by atoms with Crippen molar-refractivity contribution in [3.8, 4) is 5.75 Å². The second-order valence-corrected chi connectivity index (χ2v) is 6.10. The van der Waals surface area contributed by atoms with Crippen molar-refractivity contribution in [1.82, 2.24) is 4.90 Å². The number of amides is 1. The van der Waals surface area contributed by atoms with Crippen molar-refractivity contribution >= 4 is 17.7 Å². The van der Waals surface area contributed by atoms with E-state index in [0.29, 0.717) is 5.75 Å². The Morgan fingerprint density at radius 1 is 1.14 bits per heavy atom. The highest BCUT2D eigenvalue weighted by atomic mass is 32.2. The summed E-state index contributed by atoms with van der Waals surface area (Å²) in [5, 5.41) is 0. The van der Waals surface area contributed by atoms with E-state index in [4.69, 9.17) is 4.74 Å². The number of nitrogens with zero attached hydrogens (tertiary/aromatic N) is 1. The molecular weight excluding hydrogens is 294 g/mol. The van der Waals surface area contributed by atoms with Crippen molar-refractivity contribution in [2.45, 2.75) is 17.9 Å². The summed E-state index contributed by atoms with van der Waals surface area (Å²) in [7, 11) is 3.50. The number of carbonyl (C=O) groups excluding carboxylic acids is 1. The van der Waals surface area contributed by atoms with Gasteiger partial charge in [-0.15, -0.1) is 11.8 Å². The Morgan fingerprint density at radius 2 is 1.77 bits per heavy atom. The van der Waals surface area contributed by atoms with Crippen LogP contribution in [0.3, 0.4) is 0 Å². The third-order valence-electron chi connectivity index (χ3n) is 3.68. The lowest BCUT2D eigenvalue weighted by Crippen LogP contribution is -2.31. The van der Waals surface area contributed by atoms with Crippen LogP contribution in [0.1, 0.15) is 18.5 Å². The predicted octanol–water partition coefficient (Wildman–Crippen LogP) is 4.01. The first-order valence-electron chi connectivity index (χ1n) is 7.19. The van der Waals surface area contributed by atoms with Gasteiger partial charge in [0.1, 0.15) is 5.75 Å². The molecule has 4 heteroatoms. The Kier molecular flexibility index (Phi) is 5.90. The molecule has 0 saturated heterocycles. The van der Waals surface area contributed by atoms with Gasteiger partial charge in [-0.25, -0.2) is 0 Å². The summed E-state index contributed by atoms with van der Waals surface area (Å²) in [5.74, 6) is 1.39. The summed E-state index contributed by atoms with van der Waals surface area (Å²) >= 11 is 1.56. The minimum absolute atomic E-state index is 0.0368. The Hall–Kier alpha value is -1.94. The molecule has 2 aromatic carbocycles. The van der Waals surface area contributed by atoms with E-state index in [1.807, 2.05) is 68.6 Å². The minimum Gasteiger partial charge on any atom is -0.497 e. The monoisotopic (exact) mass is 315 g/mol. The summed E-state index contributed by atoms with van der Waals surface area (Å²) in [6, 6.07) is 17.8. The highest BCUT2D eigenvalue weighted by Crippen LogP contribution is 2.23. The smallest absolute Gasteiger partial charge is 0.233 e. The van der Waals surface area contributed by atoms with Crippen molar-refractivity contribution in [3.63, 3.8) is 0 Å². The van der Waals surface area contributed by atoms with Crippen molar-refractivity contribution in [3.05, 3.63) is 60.2 Å². The fourth-order valence-corrected chi connectivity index (χ4v) is 2.93. The third kappa shape index (κ3) is 4.28. The first-order chi connectivity index (χ1) is 10.6. The van der Waals surface area contributed by atoms with Crippen molar-refractivity contribution < 1.29 is 9.53 Å². The zero-order valence-corrected chi connectivity index (χ0v) is 14.0. The number of carbonyl (C=O) groups is 1. The minimum atomic E-state index is 0.0368. The summed E-state index contributed by atoms with van der Waals surface area (Å²) in [6.07, 6.45) is 0. The number of benzene rings is 2. The van der Waals surface area contributed by atoms with Crippen LogP contribution in [0.25, 0.3) is 0 Å². The summed E-state index contributed by atoms with van der Waals surface area (Å²) < 4.78 is 5.16. The number of methoxy groups -OCH3 is 1. The Labute approximate surface area is 136 Å². The van der Waals surface area contributed by atoms with Gasteiger partial charge in [0, 0.05) is 11.9 Å². The lowest BCUT2D eigenvalue weighted by atomic mass is 10.1. The lowest BCUT2D eigenvalue weighted by Gasteiger charge is -2.25. The molecule has 0 aliphatic heterocycles. The van der Waals surface area contributed by atoms with E-state index in [0.717, 1.165) is 16.2 Å². The molecule has 0 N–H and O–H groups in total. The van der Waals surface area contributed by atoms with Crippen molar-refractivity contribution in [2.75, 3.05) is 19.9 Å². The van der Waals surface area contributed by atoms with Gasteiger partial charge in [-0.3, -0.25) is 4.79 Å². The summed E-state index contributed by atoms with van der Waals surface area (Å²) in [4.78, 5) is 15.2. The van der Waals surface area contributed by atoms with Gasteiger partial charge in [0.15, 0.2) is 0 Å². The van der Waals surface area contributed by atoms with Gasteiger partial charge >= 0.3 is 0 Å². The third-order valence-corrected chi connectivity index (χ3v) is 4.67. The summed E-state index contributed by atoms with van der Waals surface area (Å²) in [6.45, 7) is 2.03. The molecule has 0 spiro atoms. The van der Waals surface area contributed by atoms with Crippen LogP contribution < -0.4 is 4.74 Å². The first-order valence-corrected chi connectivity index (χ1v) is 8.18. The van der Waals surface area contributed by atoms with Crippen LogP contribution in [-0.2, 0) is 4.79 Å². The molecule has 0 heterocycles. The molecule has 2 aromatic rings. The molecule has 1 unspecified atom stereocenters. The predicted molar refractivity (Wildman–Crippen MR) is 91.3 cm³/mol. The number of hydrogen-bond acceptors (Lipinski definition) is 3. The SMILES string of the molecule is COc1ccc(C(C)N(C)C(=O)CSc2ccccc2)cc1. The topological polar surface area (TPSA) is 29.5 Å². The molecule has 116 valence electrons. The molecule has 0 aromatic heterocycles. The van der Waals surface area contributed by atoms with Crippen molar-refractivity contribution in [1.29, 1.82) is 0 Å². The first kappa shape index (κ1) is 16.4. The van der Waals surface area contributed by atoms with Gasteiger partial charge < -0.3 is 9.64 Å². The molecule has 3 nitrogen and oxygen atoms in total. The second-order valence-electron chi connectivity index (χ2n) is 5.06. The van der Waals surface area contributed by atoms with E-state index in [9.17, 15) is 4.79 Å². The molecule has 1 amide bonds. The average Bonchev–Trinajstić information content (AvgIpc) is 2.59. The molecule has 0 saturated carbocycles. The van der Waals surface area contributed by atoms with E-state index in [1.54, 1.807) is 23.8 Å². The molecule has 0 aliphatic rings. The highest BCUT2D eigenvalue weighted by Gasteiger charge is 2.17. The van der Waals surface area contributed by atoms with Gasteiger partial charge in [-0.2, -0.15) is 0 Å². The van der Waals surface area contributed by atoms with E-state index < -0.39 is 0 Å². The van der Waals surface area contributed by atoms with Crippen molar-refractivity contribution in [2.24, 2.45) is 0 Å². The van der Waals surface area contributed by atoms with Crippen LogP contribution in [0.5, 0.6) is 5.75 Å². The summed E-state index contributed by atoms with van der Waals surface area (Å²) in [5.41, 5.74) is 1.10. The zero-order valence-electron chi connectivity index (χ0n) is 13.2. The van der Waals surface area contributed by atoms with Crippen LogP contribution in [0.4, 0.5) is 0 Å². The fourth-order valence-electron chi connectivity index (χ4n) is 2.09. The van der Waals surface area contributed by atoms with E-state index in [2.05, 4.69) is 0 Å². The molecule has 22 heavy (non-hydrogen) atoms. The maximum Gasteiger partial charge on any atom is 0.233 e. The standard InChI is InChI=1S/C18H21NO2S/c1-14(15-9-11-16(21-3)12-10-15)19(2)18(20)13-22-17-7-5-4-6-8-17/h4-12,14H,13H2,1-3H3. The molecule has 1 atom stereocenters. The van der Waals surface area contributed by atoms with Gasteiger partial charge in [-0.05, 0) is 36.8 Å². The molecule has 2 rings (SSSR count).